The quantitative estimate of drug-likeness (QED) is 0.808. The Morgan fingerprint density at radius 1 is 1.36 bits per heavy atom. The summed E-state index contributed by atoms with van der Waals surface area (Å²) in [6, 6.07) is 3.97. The second kappa shape index (κ2) is 6.72. The summed E-state index contributed by atoms with van der Waals surface area (Å²) in [5.41, 5.74) is 0.720. The molecule has 0 radical (unpaired) electrons. The Kier molecular flexibility index (Phi) is 4.30. The zero-order chi connectivity index (χ0) is 19.3. The Balaban J connectivity index is 0.999. The van der Waals surface area contributed by atoms with Gasteiger partial charge in [-0.3, -0.25) is 9.78 Å². The van der Waals surface area contributed by atoms with Crippen LogP contribution in [0.1, 0.15) is 31.2 Å². The molecule has 2 amide bonds. The molecular weight excluding hydrogens is 358 g/mol. The van der Waals surface area contributed by atoms with Crippen molar-refractivity contribution in [3.8, 4) is 0 Å². The molecule has 0 bridgehead atoms. The van der Waals surface area contributed by atoms with Gasteiger partial charge in [-0.15, -0.1) is 0 Å². The molecule has 1 aromatic heterocycles. The van der Waals surface area contributed by atoms with Crippen LogP contribution in [0.2, 0.25) is 0 Å². The van der Waals surface area contributed by atoms with Gasteiger partial charge in [0.15, 0.2) is 5.60 Å². The number of hydrogen-bond donors (Lipinski definition) is 1. The molecule has 5 atom stereocenters. The molecule has 0 aromatic carbocycles. The number of likely N-dealkylation sites (tertiary alicyclic amines) is 1. The van der Waals surface area contributed by atoms with Crippen LogP contribution in [-0.4, -0.2) is 60.3 Å². The minimum Gasteiger partial charge on any atom is -0.438 e. The highest BCUT2D eigenvalue weighted by molar-refractivity contribution is 5.82. The molecule has 2 aliphatic carbocycles. The van der Waals surface area contributed by atoms with Crippen LogP contribution in [0.15, 0.2) is 24.5 Å². The fourth-order valence-corrected chi connectivity index (χ4v) is 4.89. The molecule has 4 aliphatic rings. The van der Waals surface area contributed by atoms with Gasteiger partial charge in [-0.2, -0.15) is 0 Å². The molecule has 4 fully saturated rings. The maximum Gasteiger partial charge on any atom is 0.410 e. The Morgan fingerprint density at radius 2 is 2.14 bits per heavy atom. The van der Waals surface area contributed by atoms with Gasteiger partial charge in [-0.05, 0) is 55.1 Å². The minimum absolute atomic E-state index is 0.102. The summed E-state index contributed by atoms with van der Waals surface area (Å²) in [6.07, 6.45) is 5.34. The summed E-state index contributed by atoms with van der Waals surface area (Å²) in [5.74, 6) is 2.36. The number of fused-ring (bicyclic) bond motifs is 1. The molecule has 3 heterocycles. The summed E-state index contributed by atoms with van der Waals surface area (Å²) in [5, 5.41) is 3.11. The molecule has 2 saturated carbocycles. The number of pyridine rings is 1. The van der Waals surface area contributed by atoms with E-state index in [1.807, 2.05) is 30.2 Å². The monoisotopic (exact) mass is 385 g/mol. The Labute approximate surface area is 164 Å². The maximum absolute atomic E-state index is 12.3. The highest BCUT2D eigenvalue weighted by Gasteiger charge is 2.56. The number of piperidine rings is 1. The van der Waals surface area contributed by atoms with Gasteiger partial charge in [-0.25, -0.2) is 4.79 Å². The van der Waals surface area contributed by atoms with E-state index in [-0.39, 0.29) is 17.9 Å². The number of aromatic nitrogens is 1. The lowest BCUT2D eigenvalue weighted by atomic mass is 10.1. The molecule has 5 rings (SSSR count). The number of ether oxygens (including phenoxy) is 2. The predicted octanol–water partition coefficient (Wildman–Crippen LogP) is 1.79. The lowest BCUT2D eigenvalue weighted by Gasteiger charge is -2.38. The second-order valence-corrected chi connectivity index (χ2v) is 9.02. The van der Waals surface area contributed by atoms with Crippen molar-refractivity contribution in [2.75, 3.05) is 32.8 Å². The molecule has 7 nitrogen and oxygen atoms in total. The van der Waals surface area contributed by atoms with Crippen LogP contribution in [0.4, 0.5) is 4.79 Å². The zero-order valence-electron chi connectivity index (χ0n) is 16.2. The van der Waals surface area contributed by atoms with E-state index in [4.69, 9.17) is 9.47 Å². The van der Waals surface area contributed by atoms with Crippen molar-refractivity contribution in [1.29, 1.82) is 0 Å². The summed E-state index contributed by atoms with van der Waals surface area (Å²) < 4.78 is 10.7. The van der Waals surface area contributed by atoms with Crippen molar-refractivity contribution >= 4 is 12.0 Å². The first kappa shape index (κ1) is 17.9. The first-order valence-electron chi connectivity index (χ1n) is 10.3. The number of rotatable bonds is 6. The van der Waals surface area contributed by atoms with E-state index < -0.39 is 5.60 Å². The average Bonchev–Trinajstić information content (AvgIpc) is 3.56. The number of nitrogens with zero attached hydrogens (tertiary/aromatic N) is 2. The van der Waals surface area contributed by atoms with Gasteiger partial charge in [0.25, 0.3) is 0 Å². The molecule has 1 aromatic rings. The van der Waals surface area contributed by atoms with Gasteiger partial charge in [-0.1, -0.05) is 6.07 Å². The Hall–Kier alpha value is -2.15. The fourth-order valence-electron chi connectivity index (χ4n) is 4.89. The van der Waals surface area contributed by atoms with Crippen molar-refractivity contribution in [2.24, 2.45) is 23.7 Å². The van der Waals surface area contributed by atoms with Gasteiger partial charge in [0.1, 0.15) is 0 Å². The molecule has 2 unspecified atom stereocenters. The Bertz CT molecular complexity index is 754. The van der Waals surface area contributed by atoms with Gasteiger partial charge >= 0.3 is 6.09 Å². The lowest BCUT2D eigenvalue weighted by molar-refractivity contribution is -0.171. The van der Waals surface area contributed by atoms with Crippen LogP contribution in [0, 0.1) is 23.7 Å². The topological polar surface area (TPSA) is 80.8 Å². The van der Waals surface area contributed by atoms with Crippen molar-refractivity contribution < 1.29 is 19.1 Å². The summed E-state index contributed by atoms with van der Waals surface area (Å²) in [7, 11) is 0. The minimum atomic E-state index is -0.440. The third-order valence-electron chi connectivity index (χ3n) is 6.79. The summed E-state index contributed by atoms with van der Waals surface area (Å²) in [6.45, 7) is 5.19. The zero-order valence-corrected chi connectivity index (χ0v) is 16.2. The van der Waals surface area contributed by atoms with Gasteiger partial charge in [0.2, 0.25) is 5.91 Å². The highest BCUT2D eigenvalue weighted by atomic mass is 16.6. The van der Waals surface area contributed by atoms with Crippen LogP contribution in [0.25, 0.3) is 0 Å². The van der Waals surface area contributed by atoms with Crippen molar-refractivity contribution in [1.82, 2.24) is 15.2 Å². The Morgan fingerprint density at radius 3 is 2.79 bits per heavy atom. The van der Waals surface area contributed by atoms with E-state index in [1.54, 1.807) is 6.20 Å². The molecule has 2 aliphatic heterocycles. The predicted molar refractivity (Wildman–Crippen MR) is 100 cm³/mol. The normalized spacial score (nSPS) is 34.2. The van der Waals surface area contributed by atoms with Gasteiger partial charge in [0.05, 0.1) is 13.2 Å². The summed E-state index contributed by atoms with van der Waals surface area (Å²) >= 11 is 0. The molecule has 0 spiro atoms. The van der Waals surface area contributed by atoms with Crippen molar-refractivity contribution in [3.05, 3.63) is 30.1 Å². The van der Waals surface area contributed by atoms with E-state index in [0.29, 0.717) is 36.9 Å². The van der Waals surface area contributed by atoms with E-state index in [1.165, 1.54) is 0 Å². The molecular formula is C21H27N3O4. The van der Waals surface area contributed by atoms with Crippen molar-refractivity contribution in [2.45, 2.75) is 31.3 Å². The van der Waals surface area contributed by atoms with E-state index in [0.717, 1.165) is 38.0 Å². The average molecular weight is 385 g/mol. The van der Waals surface area contributed by atoms with Crippen LogP contribution < -0.4 is 5.32 Å². The molecule has 2 saturated heterocycles. The van der Waals surface area contributed by atoms with Crippen LogP contribution in [-0.2, 0) is 14.3 Å². The molecule has 1 N–H and O–H groups in total. The smallest absolute Gasteiger partial charge is 0.410 e. The first-order chi connectivity index (χ1) is 13.5. The van der Waals surface area contributed by atoms with Gasteiger partial charge < -0.3 is 19.7 Å². The maximum atomic E-state index is 12.3. The van der Waals surface area contributed by atoms with Crippen molar-refractivity contribution in [3.63, 3.8) is 0 Å². The van der Waals surface area contributed by atoms with Crippen LogP contribution in [0.3, 0.4) is 0 Å². The van der Waals surface area contributed by atoms with Crippen LogP contribution in [0.5, 0.6) is 0 Å². The third-order valence-corrected chi connectivity index (χ3v) is 6.79. The number of carbonyl (C=O) groups is 2. The SMILES string of the molecule is CC1(OC(=O)N2C[C@@H]3C(CCNC(=O)C4C[C@@H]4c4cccnc4)[C@@H]3C2)COC1. The van der Waals surface area contributed by atoms with Gasteiger partial charge in [0, 0.05) is 37.9 Å². The lowest BCUT2D eigenvalue weighted by Crippen LogP contribution is -2.52. The first-order valence-corrected chi connectivity index (χ1v) is 10.3. The summed E-state index contributed by atoms with van der Waals surface area (Å²) in [4.78, 5) is 30.5. The number of carbonyl (C=O) groups excluding carboxylic acids is 2. The number of amides is 2. The number of hydrogen-bond acceptors (Lipinski definition) is 5. The largest absolute Gasteiger partial charge is 0.438 e. The number of nitrogens with one attached hydrogen (secondary N) is 1. The van der Waals surface area contributed by atoms with E-state index >= 15 is 0 Å². The molecule has 28 heavy (non-hydrogen) atoms. The molecule has 7 heteroatoms. The standard InChI is InChI=1S/C21H27N3O4/c1-21(11-27-12-21)28-20(26)24-9-17-14(18(17)10-24)4-6-23-19(25)16-7-15(16)13-3-2-5-22-8-13/h2-3,5,8,14-18H,4,6-7,9-12H2,1H3,(H,23,25)/t14?,15-,16?,17-,18+/m1/s1. The van der Waals surface area contributed by atoms with E-state index in [9.17, 15) is 9.59 Å². The second-order valence-electron chi connectivity index (χ2n) is 9.02. The fraction of sp³-hybridized carbons (Fsp3) is 0.667. The molecule has 150 valence electrons. The third kappa shape index (κ3) is 3.36. The van der Waals surface area contributed by atoms with Crippen LogP contribution >= 0.6 is 0 Å². The highest BCUT2D eigenvalue weighted by Crippen LogP contribution is 2.53. The van der Waals surface area contributed by atoms with E-state index in [2.05, 4.69) is 10.3 Å².